The zero-order valence-corrected chi connectivity index (χ0v) is 12.8. The van der Waals surface area contributed by atoms with E-state index in [1.54, 1.807) is 13.8 Å². The van der Waals surface area contributed by atoms with Crippen LogP contribution in [0.2, 0.25) is 0 Å². The summed E-state index contributed by atoms with van der Waals surface area (Å²) in [5, 5.41) is 11.2. The van der Waals surface area contributed by atoms with Crippen molar-refractivity contribution in [2.24, 2.45) is 17.8 Å². The van der Waals surface area contributed by atoms with Crippen LogP contribution in [-0.4, -0.2) is 42.1 Å². The molecule has 0 radical (unpaired) electrons. The molecule has 0 aromatic rings. The van der Waals surface area contributed by atoms with E-state index in [0.717, 1.165) is 17.9 Å². The maximum atomic E-state index is 12.2. The van der Waals surface area contributed by atoms with Gasteiger partial charge in [0, 0.05) is 13.0 Å². The van der Waals surface area contributed by atoms with E-state index in [9.17, 15) is 14.7 Å². The maximum Gasteiger partial charge on any atom is 0.256 e. The quantitative estimate of drug-likeness (QED) is 0.539. The zero-order valence-electron chi connectivity index (χ0n) is 12.8. The van der Waals surface area contributed by atoms with Crippen molar-refractivity contribution in [3.63, 3.8) is 0 Å². The molecule has 112 valence electrons. The SMILES string of the molecule is CCC[C@H](C)[C@@H](O)[C@H](C)C(=O)[C@H](C)C(=O)N(C)OC. The minimum atomic E-state index is -0.802. The minimum Gasteiger partial charge on any atom is -0.392 e. The van der Waals surface area contributed by atoms with Crippen LogP contribution in [0.25, 0.3) is 0 Å². The van der Waals surface area contributed by atoms with Crippen molar-refractivity contribution >= 4 is 11.7 Å². The molecule has 1 amide bonds. The standard InChI is InChI=1S/C14H27NO4/c1-7-8-9(2)12(16)10(3)13(17)11(4)14(18)15(5)19-6/h9-12,16H,7-8H2,1-6H3/t9-,10-,11-,12+/m0/s1. The van der Waals surface area contributed by atoms with Crippen LogP contribution in [0.1, 0.15) is 40.5 Å². The van der Waals surface area contributed by atoms with Crippen molar-refractivity contribution in [2.75, 3.05) is 14.2 Å². The van der Waals surface area contributed by atoms with Crippen molar-refractivity contribution in [1.29, 1.82) is 0 Å². The van der Waals surface area contributed by atoms with Gasteiger partial charge in [-0.15, -0.1) is 0 Å². The van der Waals surface area contributed by atoms with Crippen LogP contribution in [0.3, 0.4) is 0 Å². The first-order valence-corrected chi connectivity index (χ1v) is 6.81. The molecule has 0 aliphatic carbocycles. The van der Waals surface area contributed by atoms with Crippen LogP contribution >= 0.6 is 0 Å². The Balaban J connectivity index is 4.67. The summed E-state index contributed by atoms with van der Waals surface area (Å²) >= 11 is 0. The molecule has 5 heteroatoms. The predicted octanol–water partition coefficient (Wildman–Crippen LogP) is 1.64. The number of hydrogen-bond acceptors (Lipinski definition) is 4. The third kappa shape index (κ3) is 4.91. The lowest BCUT2D eigenvalue weighted by Gasteiger charge is -2.26. The number of carbonyl (C=O) groups excluding carboxylic acids is 2. The van der Waals surface area contributed by atoms with Gasteiger partial charge in [-0.1, -0.05) is 27.2 Å². The Hall–Kier alpha value is -0.940. The number of aliphatic hydroxyl groups excluding tert-OH is 1. The van der Waals surface area contributed by atoms with Crippen molar-refractivity contribution in [3.8, 4) is 0 Å². The van der Waals surface area contributed by atoms with Gasteiger partial charge < -0.3 is 5.11 Å². The van der Waals surface area contributed by atoms with Crippen molar-refractivity contribution < 1.29 is 19.5 Å². The first kappa shape index (κ1) is 18.1. The lowest BCUT2D eigenvalue weighted by molar-refractivity contribution is -0.174. The number of carbonyl (C=O) groups is 2. The molecule has 0 saturated carbocycles. The van der Waals surface area contributed by atoms with E-state index in [1.165, 1.54) is 14.2 Å². The van der Waals surface area contributed by atoms with Gasteiger partial charge >= 0.3 is 0 Å². The highest BCUT2D eigenvalue weighted by Crippen LogP contribution is 2.21. The molecule has 0 unspecified atom stereocenters. The molecule has 0 aliphatic rings. The van der Waals surface area contributed by atoms with Gasteiger partial charge in [-0.3, -0.25) is 14.4 Å². The molecule has 0 heterocycles. The van der Waals surface area contributed by atoms with E-state index >= 15 is 0 Å². The number of Topliss-reactive ketones (excluding diaryl/α,β-unsaturated/α-hetero) is 1. The Kier molecular flexibility index (Phi) is 7.87. The monoisotopic (exact) mass is 273 g/mol. The molecule has 1 N–H and O–H groups in total. The van der Waals surface area contributed by atoms with E-state index < -0.39 is 23.8 Å². The summed E-state index contributed by atoms with van der Waals surface area (Å²) in [6.45, 7) is 7.19. The fourth-order valence-electron chi connectivity index (χ4n) is 2.17. The van der Waals surface area contributed by atoms with Crippen LogP contribution in [0.4, 0.5) is 0 Å². The van der Waals surface area contributed by atoms with Gasteiger partial charge in [-0.25, -0.2) is 5.06 Å². The summed E-state index contributed by atoms with van der Waals surface area (Å²) < 4.78 is 0. The molecule has 0 spiro atoms. The van der Waals surface area contributed by atoms with Gasteiger partial charge in [0.1, 0.15) is 5.78 Å². The third-order valence-corrected chi connectivity index (χ3v) is 3.67. The minimum absolute atomic E-state index is 0.0476. The predicted molar refractivity (Wildman–Crippen MR) is 73.2 cm³/mol. The molecule has 0 saturated heterocycles. The van der Waals surface area contributed by atoms with E-state index in [-0.39, 0.29) is 11.7 Å². The van der Waals surface area contributed by atoms with Crippen LogP contribution in [0.5, 0.6) is 0 Å². The second-order valence-electron chi connectivity index (χ2n) is 5.19. The van der Waals surface area contributed by atoms with Gasteiger partial charge in [0.2, 0.25) is 0 Å². The lowest BCUT2D eigenvalue weighted by Crippen LogP contribution is -2.41. The first-order chi connectivity index (χ1) is 8.77. The number of hydrogen-bond donors (Lipinski definition) is 1. The highest BCUT2D eigenvalue weighted by molar-refractivity contribution is 6.01. The van der Waals surface area contributed by atoms with Crippen LogP contribution in [0.15, 0.2) is 0 Å². The summed E-state index contributed by atoms with van der Waals surface area (Å²) in [5.74, 6) is -1.94. The summed E-state index contributed by atoms with van der Waals surface area (Å²) in [6, 6.07) is 0. The smallest absolute Gasteiger partial charge is 0.256 e. The molecule has 19 heavy (non-hydrogen) atoms. The van der Waals surface area contributed by atoms with E-state index in [4.69, 9.17) is 4.84 Å². The van der Waals surface area contributed by atoms with Crippen molar-refractivity contribution in [1.82, 2.24) is 5.06 Å². The number of amides is 1. The van der Waals surface area contributed by atoms with E-state index in [0.29, 0.717) is 0 Å². The second-order valence-corrected chi connectivity index (χ2v) is 5.19. The zero-order chi connectivity index (χ0) is 15.2. The topological polar surface area (TPSA) is 66.8 Å². The Morgan fingerprint density at radius 3 is 2.21 bits per heavy atom. The number of aliphatic hydroxyl groups is 1. The fourth-order valence-corrected chi connectivity index (χ4v) is 2.17. The summed E-state index contributed by atoms with van der Waals surface area (Å²) in [4.78, 5) is 28.8. The molecule has 0 bridgehead atoms. The number of rotatable bonds is 8. The average Bonchev–Trinajstić information content (AvgIpc) is 2.42. The Labute approximate surface area is 115 Å². The molecular formula is C14H27NO4. The van der Waals surface area contributed by atoms with Crippen molar-refractivity contribution in [3.05, 3.63) is 0 Å². The lowest BCUT2D eigenvalue weighted by atomic mass is 9.84. The molecule has 5 nitrogen and oxygen atoms in total. The molecule has 0 rings (SSSR count). The van der Waals surface area contributed by atoms with Gasteiger partial charge in [0.05, 0.1) is 19.1 Å². The van der Waals surface area contributed by atoms with Crippen LogP contribution in [-0.2, 0) is 14.4 Å². The van der Waals surface area contributed by atoms with Crippen LogP contribution in [0, 0.1) is 17.8 Å². The molecule has 0 aromatic heterocycles. The van der Waals surface area contributed by atoms with Gasteiger partial charge in [-0.2, -0.15) is 0 Å². The Morgan fingerprint density at radius 2 is 1.79 bits per heavy atom. The van der Waals surface area contributed by atoms with E-state index in [1.807, 2.05) is 13.8 Å². The van der Waals surface area contributed by atoms with Crippen molar-refractivity contribution in [2.45, 2.75) is 46.6 Å². The Bertz CT molecular complexity index is 306. The summed E-state index contributed by atoms with van der Waals surface area (Å²) in [6.07, 6.45) is 1.11. The molecule has 0 aliphatic heterocycles. The second kappa shape index (κ2) is 8.27. The maximum absolute atomic E-state index is 12.2. The Morgan fingerprint density at radius 1 is 1.26 bits per heavy atom. The average molecular weight is 273 g/mol. The third-order valence-electron chi connectivity index (χ3n) is 3.67. The molecule has 0 fully saturated rings. The first-order valence-electron chi connectivity index (χ1n) is 6.81. The normalized spacial score (nSPS) is 17.4. The van der Waals surface area contributed by atoms with E-state index in [2.05, 4.69) is 0 Å². The number of ketones is 1. The summed E-state index contributed by atoms with van der Waals surface area (Å²) in [5.41, 5.74) is 0. The van der Waals surface area contributed by atoms with Crippen LogP contribution < -0.4 is 0 Å². The fraction of sp³-hybridized carbons (Fsp3) is 0.857. The molecular weight excluding hydrogens is 246 g/mol. The van der Waals surface area contributed by atoms with Gasteiger partial charge in [-0.05, 0) is 19.3 Å². The largest absolute Gasteiger partial charge is 0.392 e. The highest BCUT2D eigenvalue weighted by atomic mass is 16.7. The molecule has 4 atom stereocenters. The highest BCUT2D eigenvalue weighted by Gasteiger charge is 2.33. The number of hydroxylamine groups is 2. The van der Waals surface area contributed by atoms with Gasteiger partial charge in [0.15, 0.2) is 0 Å². The van der Waals surface area contributed by atoms with Gasteiger partial charge in [0.25, 0.3) is 5.91 Å². The number of nitrogens with zero attached hydrogens (tertiary/aromatic N) is 1. The summed E-state index contributed by atoms with van der Waals surface area (Å²) in [7, 11) is 2.84. The molecule has 0 aromatic carbocycles.